The molecule has 0 aromatic carbocycles. The number of thiophene rings is 1. The zero-order valence-electron chi connectivity index (χ0n) is 17.0. The largest absolute Gasteiger partial charge is 0.317 e. The van der Waals surface area contributed by atoms with Gasteiger partial charge in [0, 0.05) is 62.0 Å². The van der Waals surface area contributed by atoms with Crippen LogP contribution >= 0.6 is 11.3 Å². The molecule has 0 bridgehead atoms. The van der Waals surface area contributed by atoms with Gasteiger partial charge < -0.3 is 9.55 Å². The molecule has 11 heteroatoms. The van der Waals surface area contributed by atoms with Gasteiger partial charge in [-0.1, -0.05) is 0 Å². The van der Waals surface area contributed by atoms with Crippen molar-refractivity contribution in [2.75, 3.05) is 25.9 Å². The Morgan fingerprint density at radius 1 is 1.27 bits per heavy atom. The molecule has 0 radical (unpaired) electrons. The van der Waals surface area contributed by atoms with Crippen LogP contribution in [-0.2, 0) is 23.6 Å². The molecule has 1 N–H and O–H groups in total. The molecule has 160 valence electrons. The molecule has 1 atom stereocenters. The number of fused-ring (bicyclic) bond motifs is 1. The average Bonchev–Trinajstić information content (AvgIpc) is 3.09. The van der Waals surface area contributed by atoms with Crippen molar-refractivity contribution >= 4 is 31.4 Å². The highest BCUT2D eigenvalue weighted by Crippen LogP contribution is 2.33. The first-order chi connectivity index (χ1) is 14.1. The Hall–Kier alpha value is -2.34. The van der Waals surface area contributed by atoms with Gasteiger partial charge in [-0.3, -0.25) is 14.5 Å². The summed E-state index contributed by atoms with van der Waals surface area (Å²) >= 11 is 1.51. The Morgan fingerprint density at radius 2 is 2.03 bits per heavy atom. The number of nitrogens with zero attached hydrogens (tertiary/aromatic N) is 4. The maximum Gasteiger partial charge on any atom is 0.259 e. The number of aromatic amines is 1. The topological polar surface area (TPSA) is 108 Å². The van der Waals surface area contributed by atoms with Crippen LogP contribution < -0.4 is 11.1 Å². The Kier molecular flexibility index (Phi) is 5.39. The Morgan fingerprint density at radius 3 is 2.70 bits per heavy atom. The van der Waals surface area contributed by atoms with Gasteiger partial charge in [0.25, 0.3) is 11.1 Å². The number of sulfonamides is 1. The van der Waals surface area contributed by atoms with Crippen molar-refractivity contribution in [3.8, 4) is 11.3 Å². The van der Waals surface area contributed by atoms with E-state index in [-0.39, 0.29) is 17.2 Å². The molecule has 3 aromatic heterocycles. The van der Waals surface area contributed by atoms with E-state index in [4.69, 9.17) is 0 Å². The lowest BCUT2D eigenvalue weighted by molar-refractivity contribution is 0.123. The van der Waals surface area contributed by atoms with Gasteiger partial charge in [-0.25, -0.2) is 13.4 Å². The van der Waals surface area contributed by atoms with Crippen molar-refractivity contribution in [3.63, 3.8) is 0 Å². The predicted octanol–water partition coefficient (Wildman–Crippen LogP) is 0.816. The summed E-state index contributed by atoms with van der Waals surface area (Å²) in [5.74, 6) is 0. The third-order valence-corrected chi connectivity index (χ3v) is 7.83. The van der Waals surface area contributed by atoms with Crippen molar-refractivity contribution < 1.29 is 8.42 Å². The second kappa shape index (κ2) is 7.73. The third-order valence-electron chi connectivity index (χ3n) is 5.41. The van der Waals surface area contributed by atoms with E-state index in [1.54, 1.807) is 13.2 Å². The summed E-state index contributed by atoms with van der Waals surface area (Å²) in [5.41, 5.74) is 0.902. The van der Waals surface area contributed by atoms with Crippen LogP contribution in [0.4, 0.5) is 0 Å². The van der Waals surface area contributed by atoms with Gasteiger partial charge in [0.15, 0.2) is 0 Å². The molecular weight excluding hydrogens is 426 g/mol. The number of nitrogens with one attached hydrogen (secondary N) is 1. The lowest BCUT2D eigenvalue weighted by Crippen LogP contribution is -2.52. The predicted molar refractivity (Wildman–Crippen MR) is 117 cm³/mol. The van der Waals surface area contributed by atoms with Crippen LogP contribution in [0.2, 0.25) is 0 Å². The van der Waals surface area contributed by atoms with Crippen LogP contribution in [0.5, 0.6) is 0 Å². The van der Waals surface area contributed by atoms with Crippen LogP contribution in [0.3, 0.4) is 0 Å². The lowest BCUT2D eigenvalue weighted by atomic mass is 10.1. The molecule has 0 unspecified atom stereocenters. The zero-order valence-corrected chi connectivity index (χ0v) is 18.6. The Bertz CT molecular complexity index is 1320. The molecule has 3 aromatic rings. The molecule has 4 heterocycles. The molecular formula is C19H23N5O4S2. The van der Waals surface area contributed by atoms with Gasteiger partial charge in [-0.15, -0.1) is 11.3 Å². The fourth-order valence-corrected chi connectivity index (χ4v) is 5.87. The summed E-state index contributed by atoms with van der Waals surface area (Å²) in [6, 6.07) is 3.38. The first kappa shape index (κ1) is 20.9. The van der Waals surface area contributed by atoms with Crippen LogP contribution in [0.15, 0.2) is 34.2 Å². The number of H-pyrrole nitrogens is 1. The fraction of sp³-hybridized carbons (Fsp3) is 0.421. The highest BCUT2D eigenvalue weighted by Gasteiger charge is 2.29. The number of rotatable bonds is 4. The number of hydrogen-bond donors (Lipinski definition) is 1. The van der Waals surface area contributed by atoms with Crippen LogP contribution in [0.1, 0.15) is 11.8 Å². The smallest absolute Gasteiger partial charge is 0.259 e. The molecule has 1 fully saturated rings. The summed E-state index contributed by atoms with van der Waals surface area (Å²) in [7, 11) is -1.51. The monoisotopic (exact) mass is 449 g/mol. The van der Waals surface area contributed by atoms with Crippen LogP contribution in [-0.4, -0.2) is 64.1 Å². The van der Waals surface area contributed by atoms with E-state index in [0.29, 0.717) is 37.3 Å². The molecule has 1 aliphatic rings. The van der Waals surface area contributed by atoms with Gasteiger partial charge in [-0.05, 0) is 13.0 Å². The normalized spacial score (nSPS) is 18.8. The summed E-state index contributed by atoms with van der Waals surface area (Å²) in [6.45, 7) is 4.17. The first-order valence-electron chi connectivity index (χ1n) is 9.50. The second-order valence-electron chi connectivity index (χ2n) is 7.65. The van der Waals surface area contributed by atoms with Gasteiger partial charge in [0.2, 0.25) is 10.0 Å². The number of pyridine rings is 1. The quantitative estimate of drug-likeness (QED) is 0.632. The fourth-order valence-electron chi connectivity index (χ4n) is 3.78. The van der Waals surface area contributed by atoms with E-state index in [2.05, 4.69) is 14.9 Å². The summed E-state index contributed by atoms with van der Waals surface area (Å²) in [4.78, 5) is 34.4. The van der Waals surface area contributed by atoms with E-state index in [0.717, 1.165) is 15.1 Å². The molecule has 1 aliphatic heterocycles. The highest BCUT2D eigenvalue weighted by atomic mass is 32.2. The number of piperazine rings is 1. The molecule has 1 saturated heterocycles. The number of aryl methyl sites for hydroxylation is 1. The first-order valence-corrected chi connectivity index (χ1v) is 12.2. The molecule has 4 rings (SSSR count). The van der Waals surface area contributed by atoms with Gasteiger partial charge >= 0.3 is 0 Å². The van der Waals surface area contributed by atoms with Crippen LogP contribution in [0, 0.1) is 0 Å². The van der Waals surface area contributed by atoms with E-state index in [1.165, 1.54) is 38.9 Å². The summed E-state index contributed by atoms with van der Waals surface area (Å²) in [5, 5.41) is 0.597. The van der Waals surface area contributed by atoms with E-state index >= 15 is 0 Å². The van der Waals surface area contributed by atoms with E-state index in [1.807, 2.05) is 13.0 Å². The number of hydrogen-bond acceptors (Lipinski definition) is 7. The minimum Gasteiger partial charge on any atom is -0.317 e. The molecule has 9 nitrogen and oxygen atoms in total. The zero-order chi connectivity index (χ0) is 21.6. The highest BCUT2D eigenvalue weighted by molar-refractivity contribution is 7.88. The maximum atomic E-state index is 12.7. The van der Waals surface area contributed by atoms with Gasteiger partial charge in [0.1, 0.15) is 0 Å². The molecule has 0 amide bonds. The van der Waals surface area contributed by atoms with Crippen molar-refractivity contribution in [2.45, 2.75) is 19.5 Å². The van der Waals surface area contributed by atoms with Gasteiger partial charge in [0.05, 0.1) is 28.4 Å². The molecule has 0 spiro atoms. The minimum absolute atomic E-state index is 0.0651. The van der Waals surface area contributed by atoms with Crippen LogP contribution in [0.25, 0.3) is 21.3 Å². The average molecular weight is 450 g/mol. The van der Waals surface area contributed by atoms with E-state index < -0.39 is 10.0 Å². The third kappa shape index (κ3) is 3.97. The van der Waals surface area contributed by atoms with Crippen molar-refractivity contribution in [1.29, 1.82) is 0 Å². The molecule has 30 heavy (non-hydrogen) atoms. The molecule has 0 aliphatic carbocycles. The van der Waals surface area contributed by atoms with Crippen molar-refractivity contribution in [1.82, 2.24) is 23.7 Å². The Labute approximate surface area is 177 Å². The number of aromatic nitrogens is 3. The van der Waals surface area contributed by atoms with Crippen molar-refractivity contribution in [3.05, 3.63) is 50.2 Å². The Balaban J connectivity index is 1.69. The van der Waals surface area contributed by atoms with Crippen molar-refractivity contribution in [2.24, 2.45) is 7.05 Å². The summed E-state index contributed by atoms with van der Waals surface area (Å²) in [6.07, 6.45) is 4.30. The SMILES string of the molecule is C[C@@H]1CN(S(C)(=O)=O)CCN1Cc1cc2c(=O)n(C)cc(-c3cc(=O)[nH]cn3)c2s1. The maximum absolute atomic E-state index is 12.7. The summed E-state index contributed by atoms with van der Waals surface area (Å²) < 4.78 is 27.5. The van der Waals surface area contributed by atoms with Gasteiger partial charge in [-0.2, -0.15) is 4.31 Å². The minimum atomic E-state index is -3.20. The molecule has 0 saturated carbocycles. The van der Waals surface area contributed by atoms with E-state index in [9.17, 15) is 18.0 Å². The standard InChI is InChI=1S/C19H23N5O4S2/c1-12-8-24(30(3,27)28)5-4-23(12)9-13-6-14-18(29-13)15(10-22(2)19(14)26)16-7-17(25)21-11-20-16/h6-7,10-12H,4-5,8-9H2,1-3H3,(H,20,21,25)/t12-/m1/s1. The second-order valence-corrected chi connectivity index (χ2v) is 10.8. The lowest BCUT2D eigenvalue weighted by Gasteiger charge is -2.38.